The van der Waals surface area contributed by atoms with E-state index in [1.165, 1.54) is 19.3 Å². The van der Waals surface area contributed by atoms with E-state index in [-0.39, 0.29) is 17.7 Å². The second kappa shape index (κ2) is 7.71. The number of amides is 2. The average Bonchev–Trinajstić information content (AvgIpc) is 2.95. The fourth-order valence-corrected chi connectivity index (χ4v) is 3.65. The van der Waals surface area contributed by atoms with Gasteiger partial charge in [-0.2, -0.15) is 0 Å². The van der Waals surface area contributed by atoms with Crippen LogP contribution >= 0.6 is 0 Å². The fraction of sp³-hybridized carbons (Fsp3) is 0.526. The van der Waals surface area contributed by atoms with Gasteiger partial charge < -0.3 is 20.1 Å². The summed E-state index contributed by atoms with van der Waals surface area (Å²) in [5.74, 6) is 0.707. The van der Waals surface area contributed by atoms with Crippen LogP contribution in [0.2, 0.25) is 0 Å². The first kappa shape index (κ1) is 16.8. The molecule has 2 N–H and O–H groups in total. The number of carbonyl (C=O) groups is 1. The number of urea groups is 1. The summed E-state index contributed by atoms with van der Waals surface area (Å²) in [6, 6.07) is 7.24. The fourth-order valence-electron chi connectivity index (χ4n) is 3.65. The molecule has 1 atom stereocenters. The Bertz CT molecular complexity index is 582. The summed E-state index contributed by atoms with van der Waals surface area (Å²) in [7, 11) is 0. The molecule has 5 heteroatoms. The van der Waals surface area contributed by atoms with Gasteiger partial charge in [-0.3, -0.25) is 0 Å². The molecule has 1 saturated carbocycles. The van der Waals surface area contributed by atoms with E-state index in [9.17, 15) is 4.79 Å². The van der Waals surface area contributed by atoms with Gasteiger partial charge in [0.2, 0.25) is 0 Å². The minimum absolute atomic E-state index is 0.00857. The van der Waals surface area contributed by atoms with Crippen LogP contribution in [0.15, 0.2) is 36.9 Å². The molecule has 1 spiro atoms. The number of hydrogen-bond donors (Lipinski definition) is 2. The maximum Gasteiger partial charge on any atom is 0.319 e. The minimum Gasteiger partial charge on any atom is -0.489 e. The maximum atomic E-state index is 12.2. The van der Waals surface area contributed by atoms with Crippen molar-refractivity contribution >= 4 is 11.7 Å². The van der Waals surface area contributed by atoms with Crippen molar-refractivity contribution < 1.29 is 14.3 Å². The van der Waals surface area contributed by atoms with Crippen LogP contribution in [0.1, 0.15) is 38.5 Å². The van der Waals surface area contributed by atoms with Gasteiger partial charge in [-0.15, -0.1) is 0 Å². The van der Waals surface area contributed by atoms with Gasteiger partial charge in [0.05, 0.1) is 18.2 Å². The van der Waals surface area contributed by atoms with Crippen molar-refractivity contribution in [1.82, 2.24) is 5.32 Å². The number of benzene rings is 1. The molecule has 1 saturated heterocycles. The summed E-state index contributed by atoms with van der Waals surface area (Å²) < 4.78 is 11.5. The van der Waals surface area contributed by atoms with Crippen molar-refractivity contribution in [2.75, 3.05) is 18.5 Å². The van der Waals surface area contributed by atoms with Crippen LogP contribution < -0.4 is 15.4 Å². The summed E-state index contributed by atoms with van der Waals surface area (Å²) in [5, 5.41) is 5.90. The van der Waals surface area contributed by atoms with Gasteiger partial charge in [0.1, 0.15) is 12.4 Å². The quantitative estimate of drug-likeness (QED) is 0.806. The standard InChI is InChI=1S/C19H26N2O3/c1-2-11-23-17-8-6-7-15(12-17)20-18(22)21-16-13-19(24-14-16)9-4-3-5-10-19/h2,6-8,12,16H,1,3-5,9-11,13-14H2,(H2,20,21,22). The number of carbonyl (C=O) groups excluding carboxylic acids is 1. The molecule has 2 amide bonds. The van der Waals surface area contributed by atoms with Crippen molar-refractivity contribution in [3.05, 3.63) is 36.9 Å². The lowest BCUT2D eigenvalue weighted by molar-refractivity contribution is -0.0245. The van der Waals surface area contributed by atoms with E-state index in [2.05, 4.69) is 17.2 Å². The van der Waals surface area contributed by atoms with E-state index >= 15 is 0 Å². The normalized spacial score (nSPS) is 22.1. The Balaban J connectivity index is 1.50. The highest BCUT2D eigenvalue weighted by molar-refractivity contribution is 5.89. The largest absolute Gasteiger partial charge is 0.489 e. The molecule has 1 heterocycles. The van der Waals surface area contributed by atoms with Gasteiger partial charge in [0.25, 0.3) is 0 Å². The van der Waals surface area contributed by atoms with Crippen LogP contribution in [-0.4, -0.2) is 30.9 Å². The zero-order valence-electron chi connectivity index (χ0n) is 14.1. The number of hydrogen-bond acceptors (Lipinski definition) is 3. The van der Waals surface area contributed by atoms with Gasteiger partial charge in [-0.1, -0.05) is 38.0 Å². The van der Waals surface area contributed by atoms with Crippen molar-refractivity contribution in [2.45, 2.75) is 50.2 Å². The molecule has 1 aliphatic heterocycles. The van der Waals surface area contributed by atoms with Gasteiger partial charge in [0.15, 0.2) is 0 Å². The second-order valence-electron chi connectivity index (χ2n) is 6.68. The zero-order valence-corrected chi connectivity index (χ0v) is 14.1. The third-order valence-corrected chi connectivity index (χ3v) is 4.77. The van der Waals surface area contributed by atoms with E-state index in [1.54, 1.807) is 12.1 Å². The zero-order chi connectivity index (χ0) is 16.8. The molecule has 3 rings (SSSR count). The summed E-state index contributed by atoms with van der Waals surface area (Å²) in [6.07, 6.45) is 8.61. The van der Waals surface area contributed by atoms with Gasteiger partial charge in [-0.05, 0) is 31.4 Å². The van der Waals surface area contributed by atoms with E-state index in [0.29, 0.717) is 24.7 Å². The predicted molar refractivity (Wildman–Crippen MR) is 94.5 cm³/mol. The average molecular weight is 330 g/mol. The van der Waals surface area contributed by atoms with E-state index in [0.717, 1.165) is 19.3 Å². The molecular weight excluding hydrogens is 304 g/mol. The van der Waals surface area contributed by atoms with Crippen molar-refractivity contribution in [2.24, 2.45) is 0 Å². The molecule has 0 radical (unpaired) electrons. The minimum atomic E-state index is -0.197. The molecule has 2 aliphatic rings. The van der Waals surface area contributed by atoms with Gasteiger partial charge in [0, 0.05) is 11.8 Å². The Morgan fingerprint density at radius 1 is 1.38 bits per heavy atom. The van der Waals surface area contributed by atoms with Crippen LogP contribution in [0.5, 0.6) is 5.75 Å². The predicted octanol–water partition coefficient (Wildman–Crippen LogP) is 3.86. The van der Waals surface area contributed by atoms with Crippen molar-refractivity contribution in [3.63, 3.8) is 0 Å². The van der Waals surface area contributed by atoms with Crippen LogP contribution in [0.3, 0.4) is 0 Å². The Morgan fingerprint density at radius 3 is 3.00 bits per heavy atom. The first-order chi connectivity index (χ1) is 11.7. The highest BCUT2D eigenvalue weighted by Gasteiger charge is 2.41. The summed E-state index contributed by atoms with van der Waals surface area (Å²) in [4.78, 5) is 12.2. The molecular formula is C19H26N2O3. The summed E-state index contributed by atoms with van der Waals surface area (Å²) >= 11 is 0. The second-order valence-corrected chi connectivity index (χ2v) is 6.68. The molecule has 1 aliphatic carbocycles. The molecule has 5 nitrogen and oxygen atoms in total. The Morgan fingerprint density at radius 2 is 2.21 bits per heavy atom. The third kappa shape index (κ3) is 4.29. The number of anilines is 1. The lowest BCUT2D eigenvalue weighted by Crippen LogP contribution is -2.39. The van der Waals surface area contributed by atoms with Gasteiger partial charge in [-0.25, -0.2) is 4.79 Å². The Hall–Kier alpha value is -2.01. The molecule has 24 heavy (non-hydrogen) atoms. The van der Waals surface area contributed by atoms with E-state index < -0.39 is 0 Å². The summed E-state index contributed by atoms with van der Waals surface area (Å²) in [5.41, 5.74) is 0.717. The monoisotopic (exact) mass is 330 g/mol. The first-order valence-electron chi connectivity index (χ1n) is 8.74. The smallest absolute Gasteiger partial charge is 0.319 e. The Kier molecular flexibility index (Phi) is 5.41. The van der Waals surface area contributed by atoms with Crippen LogP contribution in [0.4, 0.5) is 10.5 Å². The molecule has 2 fully saturated rings. The molecule has 1 unspecified atom stereocenters. The maximum absolute atomic E-state index is 12.2. The number of ether oxygens (including phenoxy) is 2. The Labute approximate surface area is 143 Å². The lowest BCUT2D eigenvalue weighted by atomic mass is 9.82. The van der Waals surface area contributed by atoms with Crippen molar-refractivity contribution in [3.8, 4) is 5.75 Å². The third-order valence-electron chi connectivity index (χ3n) is 4.77. The lowest BCUT2D eigenvalue weighted by Gasteiger charge is -2.32. The molecule has 1 aromatic carbocycles. The topological polar surface area (TPSA) is 59.6 Å². The SMILES string of the molecule is C=CCOc1cccc(NC(=O)NC2COC3(CCCCC3)C2)c1. The van der Waals surface area contributed by atoms with Gasteiger partial charge >= 0.3 is 6.03 Å². The first-order valence-corrected chi connectivity index (χ1v) is 8.74. The molecule has 130 valence electrons. The van der Waals surface area contributed by atoms with Crippen LogP contribution in [0.25, 0.3) is 0 Å². The summed E-state index contributed by atoms with van der Waals surface area (Å²) in [6.45, 7) is 4.67. The number of nitrogens with one attached hydrogen (secondary N) is 2. The van der Waals surface area contributed by atoms with Crippen LogP contribution in [0, 0.1) is 0 Å². The molecule has 1 aromatic rings. The highest BCUT2D eigenvalue weighted by atomic mass is 16.5. The van der Waals surface area contributed by atoms with Crippen molar-refractivity contribution in [1.29, 1.82) is 0 Å². The van der Waals surface area contributed by atoms with E-state index in [1.807, 2.05) is 18.2 Å². The highest BCUT2D eigenvalue weighted by Crippen LogP contribution is 2.39. The van der Waals surface area contributed by atoms with Crippen LogP contribution in [-0.2, 0) is 4.74 Å². The van der Waals surface area contributed by atoms with E-state index in [4.69, 9.17) is 9.47 Å². The number of rotatable bonds is 5. The molecule has 0 bridgehead atoms. The molecule has 0 aromatic heterocycles.